The number of halogens is 1. The van der Waals surface area contributed by atoms with Gasteiger partial charge in [-0.3, -0.25) is 9.10 Å². The van der Waals surface area contributed by atoms with Crippen molar-refractivity contribution in [1.82, 2.24) is 4.90 Å². The number of carbonyl (C=O) groups excluding carboxylic acids is 1. The highest BCUT2D eigenvalue weighted by molar-refractivity contribution is 7.92. The Balaban J connectivity index is 1.61. The summed E-state index contributed by atoms with van der Waals surface area (Å²) < 4.78 is 39.8. The Morgan fingerprint density at radius 3 is 2.13 bits per heavy atom. The van der Waals surface area contributed by atoms with Crippen LogP contribution in [0.1, 0.15) is 16.7 Å². The van der Waals surface area contributed by atoms with Crippen LogP contribution in [0.15, 0.2) is 59.5 Å². The zero-order valence-corrected chi connectivity index (χ0v) is 24.5. The van der Waals surface area contributed by atoms with Crippen LogP contribution in [0.3, 0.4) is 0 Å². The predicted molar refractivity (Wildman–Crippen MR) is 155 cm³/mol. The number of amides is 1. The minimum Gasteiger partial charge on any atom is -0.493 e. The van der Waals surface area contributed by atoms with Crippen LogP contribution < -0.4 is 18.7 Å². The summed E-state index contributed by atoms with van der Waals surface area (Å²) in [6, 6.07) is 15.7. The standard InChI is InChI=1S/C29H34ClN3O5S/c1-20-14-21(2)16-24(15-20)33(39(35,36)25-8-9-27(37-4)28(18-25)38-5)19-29(34)32-12-10-31(11-13-32)26-17-23(30)7-6-22(26)3/h6-9,14-18H,10-13,19H2,1-5H3. The fourth-order valence-electron chi connectivity index (χ4n) is 4.86. The van der Waals surface area contributed by atoms with E-state index in [4.69, 9.17) is 21.1 Å². The topological polar surface area (TPSA) is 79.4 Å². The van der Waals surface area contributed by atoms with E-state index in [0.717, 1.165) is 22.4 Å². The molecule has 0 N–H and O–H groups in total. The molecule has 10 heteroatoms. The first kappa shape index (κ1) is 28.6. The van der Waals surface area contributed by atoms with Crippen LogP contribution in [0.4, 0.5) is 11.4 Å². The summed E-state index contributed by atoms with van der Waals surface area (Å²) in [6.07, 6.45) is 0. The highest BCUT2D eigenvalue weighted by Gasteiger charge is 2.31. The van der Waals surface area contributed by atoms with Gasteiger partial charge in [0.2, 0.25) is 5.91 Å². The Bertz CT molecular complexity index is 1450. The Kier molecular flexibility index (Phi) is 8.61. The Morgan fingerprint density at radius 1 is 0.872 bits per heavy atom. The largest absolute Gasteiger partial charge is 0.493 e. The van der Waals surface area contributed by atoms with Crippen molar-refractivity contribution in [2.75, 3.05) is 56.1 Å². The number of hydrogen-bond donors (Lipinski definition) is 0. The van der Waals surface area contributed by atoms with Crippen molar-refractivity contribution < 1.29 is 22.7 Å². The molecule has 0 atom stereocenters. The van der Waals surface area contributed by atoms with Crippen molar-refractivity contribution in [2.24, 2.45) is 0 Å². The first-order valence-electron chi connectivity index (χ1n) is 12.7. The third-order valence-electron chi connectivity index (χ3n) is 6.86. The van der Waals surface area contributed by atoms with Gasteiger partial charge in [0.05, 0.1) is 24.8 Å². The lowest BCUT2D eigenvalue weighted by atomic mass is 10.1. The minimum absolute atomic E-state index is 0.00774. The van der Waals surface area contributed by atoms with Crippen LogP contribution in [0.25, 0.3) is 0 Å². The lowest BCUT2D eigenvalue weighted by Crippen LogP contribution is -2.52. The van der Waals surface area contributed by atoms with Crippen LogP contribution in [-0.4, -0.2) is 66.2 Å². The van der Waals surface area contributed by atoms with Crippen LogP contribution >= 0.6 is 11.6 Å². The second-order valence-electron chi connectivity index (χ2n) is 9.67. The summed E-state index contributed by atoms with van der Waals surface area (Å²) in [6.45, 7) is 7.70. The smallest absolute Gasteiger partial charge is 0.264 e. The van der Waals surface area contributed by atoms with Gasteiger partial charge >= 0.3 is 0 Å². The number of ether oxygens (including phenoxy) is 2. The van der Waals surface area contributed by atoms with Gasteiger partial charge in [-0.25, -0.2) is 8.42 Å². The lowest BCUT2D eigenvalue weighted by Gasteiger charge is -2.37. The van der Waals surface area contributed by atoms with E-state index in [2.05, 4.69) is 4.90 Å². The summed E-state index contributed by atoms with van der Waals surface area (Å²) in [5.74, 6) is 0.441. The highest BCUT2D eigenvalue weighted by Crippen LogP contribution is 2.33. The lowest BCUT2D eigenvalue weighted by molar-refractivity contribution is -0.129. The predicted octanol–water partition coefficient (Wildman–Crippen LogP) is 4.83. The average molecular weight is 572 g/mol. The molecule has 39 heavy (non-hydrogen) atoms. The summed E-state index contributed by atoms with van der Waals surface area (Å²) in [4.78, 5) is 17.5. The molecule has 0 radical (unpaired) electrons. The van der Waals surface area contributed by atoms with E-state index in [1.807, 2.05) is 45.0 Å². The molecule has 1 amide bonds. The molecule has 0 aromatic heterocycles. The van der Waals surface area contributed by atoms with E-state index < -0.39 is 10.0 Å². The second kappa shape index (κ2) is 11.8. The molecular weight excluding hydrogens is 538 g/mol. The zero-order valence-electron chi connectivity index (χ0n) is 22.9. The van der Waals surface area contributed by atoms with Gasteiger partial charge in [0, 0.05) is 43.0 Å². The molecule has 0 spiro atoms. The number of sulfonamides is 1. The SMILES string of the molecule is COc1ccc(S(=O)(=O)N(CC(=O)N2CCN(c3cc(Cl)ccc3C)CC2)c2cc(C)cc(C)c2)cc1OC. The fraction of sp³-hybridized carbons (Fsp3) is 0.345. The van der Waals surface area contributed by atoms with Gasteiger partial charge in [-0.05, 0) is 73.9 Å². The molecule has 208 valence electrons. The Hall–Kier alpha value is -3.43. The molecule has 1 saturated heterocycles. The van der Waals surface area contributed by atoms with Gasteiger partial charge in [-0.15, -0.1) is 0 Å². The van der Waals surface area contributed by atoms with Crippen LogP contribution in [0, 0.1) is 20.8 Å². The molecule has 0 saturated carbocycles. The summed E-state index contributed by atoms with van der Waals surface area (Å²) in [7, 11) is -1.18. The van der Waals surface area contributed by atoms with Gasteiger partial charge in [0.25, 0.3) is 10.0 Å². The number of hydrogen-bond acceptors (Lipinski definition) is 6. The molecule has 8 nitrogen and oxygen atoms in total. The van der Waals surface area contributed by atoms with Crippen LogP contribution in [0.5, 0.6) is 11.5 Å². The van der Waals surface area contributed by atoms with E-state index in [0.29, 0.717) is 42.6 Å². The average Bonchev–Trinajstić information content (AvgIpc) is 2.91. The van der Waals surface area contributed by atoms with E-state index >= 15 is 0 Å². The highest BCUT2D eigenvalue weighted by atomic mass is 35.5. The number of rotatable bonds is 8. The molecule has 1 aliphatic heterocycles. The quantitative estimate of drug-likeness (QED) is 0.385. The van der Waals surface area contributed by atoms with Crippen molar-refractivity contribution in [1.29, 1.82) is 0 Å². The third kappa shape index (κ3) is 6.25. The molecule has 0 bridgehead atoms. The summed E-state index contributed by atoms with van der Waals surface area (Å²) >= 11 is 6.21. The van der Waals surface area contributed by atoms with Gasteiger partial charge < -0.3 is 19.3 Å². The molecule has 0 aliphatic carbocycles. The van der Waals surface area contributed by atoms with Gasteiger partial charge in [0.15, 0.2) is 11.5 Å². The zero-order chi connectivity index (χ0) is 28.3. The van der Waals surface area contributed by atoms with E-state index in [9.17, 15) is 13.2 Å². The molecule has 1 heterocycles. The maximum Gasteiger partial charge on any atom is 0.264 e. The molecule has 4 rings (SSSR count). The Morgan fingerprint density at radius 2 is 1.51 bits per heavy atom. The first-order valence-corrected chi connectivity index (χ1v) is 14.5. The fourth-order valence-corrected chi connectivity index (χ4v) is 6.44. The number of anilines is 2. The monoisotopic (exact) mass is 571 g/mol. The number of piperazine rings is 1. The number of aryl methyl sites for hydroxylation is 3. The summed E-state index contributed by atoms with van der Waals surface area (Å²) in [5.41, 5.74) is 4.39. The van der Waals surface area contributed by atoms with Crippen molar-refractivity contribution in [2.45, 2.75) is 25.7 Å². The van der Waals surface area contributed by atoms with Gasteiger partial charge in [-0.1, -0.05) is 23.7 Å². The van der Waals surface area contributed by atoms with E-state index in [1.54, 1.807) is 23.1 Å². The molecule has 3 aromatic carbocycles. The molecule has 0 unspecified atom stereocenters. The number of carbonyl (C=O) groups is 1. The van der Waals surface area contributed by atoms with Gasteiger partial charge in [-0.2, -0.15) is 0 Å². The van der Waals surface area contributed by atoms with Crippen molar-refractivity contribution >= 4 is 38.9 Å². The maximum atomic E-state index is 14.0. The van der Waals surface area contributed by atoms with E-state index in [1.165, 1.54) is 30.7 Å². The van der Waals surface area contributed by atoms with Gasteiger partial charge in [0.1, 0.15) is 6.54 Å². The Labute approximate surface area is 235 Å². The minimum atomic E-state index is -4.12. The van der Waals surface area contributed by atoms with Crippen LogP contribution in [0.2, 0.25) is 5.02 Å². The number of nitrogens with zero attached hydrogens (tertiary/aromatic N) is 3. The molecule has 1 fully saturated rings. The van der Waals surface area contributed by atoms with Crippen LogP contribution in [-0.2, 0) is 14.8 Å². The van der Waals surface area contributed by atoms with Crippen molar-refractivity contribution in [3.8, 4) is 11.5 Å². The van der Waals surface area contributed by atoms with Crippen molar-refractivity contribution in [3.05, 3.63) is 76.3 Å². The summed E-state index contributed by atoms with van der Waals surface area (Å²) in [5, 5.41) is 0.665. The number of methoxy groups -OCH3 is 2. The molecule has 1 aliphatic rings. The first-order chi connectivity index (χ1) is 18.5. The molecular formula is C29H34ClN3O5S. The van der Waals surface area contributed by atoms with Crippen molar-refractivity contribution in [3.63, 3.8) is 0 Å². The third-order valence-corrected chi connectivity index (χ3v) is 8.87. The van der Waals surface area contributed by atoms with E-state index in [-0.39, 0.29) is 23.1 Å². The normalized spacial score (nSPS) is 13.8. The second-order valence-corrected chi connectivity index (χ2v) is 12.0. The maximum absolute atomic E-state index is 14.0. The molecule has 3 aromatic rings. The number of benzene rings is 3.